The highest BCUT2D eigenvalue weighted by Crippen LogP contribution is 2.33. The Balaban J connectivity index is 2.31. The van der Waals surface area contributed by atoms with E-state index in [1.807, 2.05) is 6.07 Å². The molecule has 1 N–H and O–H groups in total. The minimum absolute atomic E-state index is 0.159. The molecule has 1 atom stereocenters. The molecule has 0 saturated heterocycles. The third-order valence-electron chi connectivity index (χ3n) is 3.13. The zero-order valence-corrected chi connectivity index (χ0v) is 12.1. The molecular formula is C14H17FIN. The number of nitrogens with one attached hydrogen (secondary N) is 1. The lowest BCUT2D eigenvalue weighted by atomic mass is 9.98. The van der Waals surface area contributed by atoms with Gasteiger partial charge in [-0.15, -0.1) is 0 Å². The SMILES string of the molecule is CCNC(C1=CCCC1)c1ccc(F)cc1I. The quantitative estimate of drug-likeness (QED) is 0.637. The molecule has 17 heavy (non-hydrogen) atoms. The Kier molecular flexibility index (Phi) is 4.56. The molecule has 1 unspecified atom stereocenters. The maximum absolute atomic E-state index is 13.1. The van der Waals surface area contributed by atoms with E-state index in [9.17, 15) is 4.39 Å². The van der Waals surface area contributed by atoms with Crippen LogP contribution in [0.4, 0.5) is 4.39 Å². The third kappa shape index (κ3) is 3.07. The van der Waals surface area contributed by atoms with E-state index in [2.05, 4.69) is 40.9 Å². The summed E-state index contributed by atoms with van der Waals surface area (Å²) in [5.74, 6) is -0.159. The van der Waals surface area contributed by atoms with Crippen molar-refractivity contribution >= 4 is 22.6 Å². The molecule has 0 amide bonds. The van der Waals surface area contributed by atoms with Crippen molar-refractivity contribution in [3.63, 3.8) is 0 Å². The molecule has 0 aliphatic heterocycles. The number of likely N-dealkylation sites (N-methyl/N-ethyl adjacent to an activating group) is 1. The van der Waals surface area contributed by atoms with E-state index in [0.717, 1.165) is 16.5 Å². The van der Waals surface area contributed by atoms with Gasteiger partial charge < -0.3 is 5.32 Å². The van der Waals surface area contributed by atoms with Crippen molar-refractivity contribution in [3.8, 4) is 0 Å². The fourth-order valence-electron chi connectivity index (χ4n) is 2.34. The van der Waals surface area contributed by atoms with Crippen LogP contribution in [0.2, 0.25) is 0 Å². The first kappa shape index (κ1) is 13.0. The normalized spacial score (nSPS) is 17.0. The highest BCUT2D eigenvalue weighted by molar-refractivity contribution is 14.1. The lowest BCUT2D eigenvalue weighted by Crippen LogP contribution is -2.23. The molecule has 1 aliphatic carbocycles. The number of hydrogen-bond acceptors (Lipinski definition) is 1. The Morgan fingerprint density at radius 3 is 2.88 bits per heavy atom. The summed E-state index contributed by atoms with van der Waals surface area (Å²) < 4.78 is 14.1. The summed E-state index contributed by atoms with van der Waals surface area (Å²) in [5, 5.41) is 3.51. The average molecular weight is 345 g/mol. The van der Waals surface area contributed by atoms with E-state index in [1.165, 1.54) is 24.0 Å². The van der Waals surface area contributed by atoms with Gasteiger partial charge in [-0.1, -0.05) is 24.6 Å². The molecule has 0 heterocycles. The van der Waals surface area contributed by atoms with Crippen molar-refractivity contribution < 1.29 is 4.39 Å². The van der Waals surface area contributed by atoms with Crippen LogP contribution in [0.1, 0.15) is 37.8 Å². The molecule has 3 heteroatoms. The summed E-state index contributed by atoms with van der Waals surface area (Å²) in [6.07, 6.45) is 5.90. The molecule has 0 fully saturated rings. The van der Waals surface area contributed by atoms with Gasteiger partial charge in [-0.25, -0.2) is 4.39 Å². The predicted molar refractivity (Wildman–Crippen MR) is 77.5 cm³/mol. The lowest BCUT2D eigenvalue weighted by molar-refractivity contribution is 0.595. The van der Waals surface area contributed by atoms with E-state index < -0.39 is 0 Å². The van der Waals surface area contributed by atoms with Gasteiger partial charge in [0.1, 0.15) is 5.82 Å². The molecule has 0 saturated carbocycles. The largest absolute Gasteiger partial charge is 0.307 e. The lowest BCUT2D eigenvalue weighted by Gasteiger charge is -2.21. The minimum Gasteiger partial charge on any atom is -0.307 e. The summed E-state index contributed by atoms with van der Waals surface area (Å²) in [6.45, 7) is 3.04. The number of allylic oxidation sites excluding steroid dienone is 1. The summed E-state index contributed by atoms with van der Waals surface area (Å²) >= 11 is 2.22. The molecular weight excluding hydrogens is 328 g/mol. The van der Waals surface area contributed by atoms with Crippen molar-refractivity contribution in [2.75, 3.05) is 6.54 Å². The zero-order valence-electron chi connectivity index (χ0n) is 9.97. The van der Waals surface area contributed by atoms with Crippen LogP contribution in [0, 0.1) is 9.39 Å². The molecule has 1 nitrogen and oxygen atoms in total. The van der Waals surface area contributed by atoms with E-state index >= 15 is 0 Å². The van der Waals surface area contributed by atoms with Crippen molar-refractivity contribution in [1.29, 1.82) is 0 Å². The average Bonchev–Trinajstić information content (AvgIpc) is 2.80. The standard InChI is InChI=1S/C14H17FIN/c1-2-17-14(10-5-3-4-6-10)12-8-7-11(15)9-13(12)16/h5,7-9,14,17H,2-4,6H2,1H3. The van der Waals surface area contributed by atoms with Crippen LogP contribution in [0.15, 0.2) is 29.8 Å². The molecule has 0 radical (unpaired) electrons. The van der Waals surface area contributed by atoms with E-state index in [4.69, 9.17) is 0 Å². The van der Waals surface area contributed by atoms with E-state index in [0.29, 0.717) is 0 Å². The maximum atomic E-state index is 13.1. The Morgan fingerprint density at radius 1 is 1.47 bits per heavy atom. The Hall–Kier alpha value is -0.420. The van der Waals surface area contributed by atoms with Crippen LogP contribution in [0.3, 0.4) is 0 Å². The van der Waals surface area contributed by atoms with Gasteiger partial charge in [-0.2, -0.15) is 0 Å². The summed E-state index contributed by atoms with van der Waals surface area (Å²) in [7, 11) is 0. The second-order valence-electron chi connectivity index (χ2n) is 4.33. The second-order valence-corrected chi connectivity index (χ2v) is 5.49. The van der Waals surface area contributed by atoms with Gasteiger partial charge in [-0.3, -0.25) is 0 Å². The summed E-state index contributed by atoms with van der Waals surface area (Å²) in [6, 6.07) is 5.33. The Morgan fingerprint density at radius 2 is 2.29 bits per heavy atom. The van der Waals surface area contributed by atoms with Gasteiger partial charge in [0.25, 0.3) is 0 Å². The molecule has 1 aromatic carbocycles. The van der Waals surface area contributed by atoms with Crippen molar-refractivity contribution in [1.82, 2.24) is 5.32 Å². The van der Waals surface area contributed by atoms with Gasteiger partial charge in [0, 0.05) is 3.57 Å². The van der Waals surface area contributed by atoms with Crippen LogP contribution in [-0.2, 0) is 0 Å². The van der Waals surface area contributed by atoms with E-state index in [-0.39, 0.29) is 11.9 Å². The third-order valence-corrected chi connectivity index (χ3v) is 4.06. The van der Waals surface area contributed by atoms with E-state index in [1.54, 1.807) is 12.1 Å². The summed E-state index contributed by atoms with van der Waals surface area (Å²) in [4.78, 5) is 0. The minimum atomic E-state index is -0.159. The number of rotatable bonds is 4. The number of halogens is 2. The molecule has 1 aromatic rings. The van der Waals surface area contributed by atoms with Gasteiger partial charge in [-0.05, 0) is 66.1 Å². The number of hydrogen-bond donors (Lipinski definition) is 1. The Bertz CT molecular complexity index is 428. The molecule has 1 aliphatic rings. The fraction of sp³-hybridized carbons (Fsp3) is 0.429. The van der Waals surface area contributed by atoms with Crippen molar-refractivity contribution in [3.05, 3.63) is 44.8 Å². The Labute approximate surface area is 116 Å². The predicted octanol–water partition coefficient (Wildman–Crippen LogP) is 4.19. The summed E-state index contributed by atoms with van der Waals surface area (Å²) in [5.41, 5.74) is 2.65. The van der Waals surface area contributed by atoms with Crippen molar-refractivity contribution in [2.45, 2.75) is 32.2 Å². The van der Waals surface area contributed by atoms with Crippen LogP contribution in [0.25, 0.3) is 0 Å². The highest BCUT2D eigenvalue weighted by Gasteiger charge is 2.20. The topological polar surface area (TPSA) is 12.0 Å². The molecule has 0 aromatic heterocycles. The molecule has 2 rings (SSSR count). The fourth-order valence-corrected chi connectivity index (χ4v) is 3.13. The van der Waals surface area contributed by atoms with Crippen molar-refractivity contribution in [2.24, 2.45) is 0 Å². The first-order chi connectivity index (χ1) is 8.22. The van der Waals surface area contributed by atoms with Gasteiger partial charge in [0.15, 0.2) is 0 Å². The van der Waals surface area contributed by atoms with Crippen LogP contribution < -0.4 is 5.32 Å². The smallest absolute Gasteiger partial charge is 0.124 e. The maximum Gasteiger partial charge on any atom is 0.124 e. The highest BCUT2D eigenvalue weighted by atomic mass is 127. The van der Waals surface area contributed by atoms with Crippen LogP contribution in [0.5, 0.6) is 0 Å². The molecule has 0 spiro atoms. The molecule has 92 valence electrons. The number of benzene rings is 1. The van der Waals surface area contributed by atoms with Crippen LogP contribution >= 0.6 is 22.6 Å². The monoisotopic (exact) mass is 345 g/mol. The van der Waals surface area contributed by atoms with Gasteiger partial charge in [0.05, 0.1) is 6.04 Å². The molecule has 0 bridgehead atoms. The van der Waals surface area contributed by atoms with Gasteiger partial charge >= 0.3 is 0 Å². The first-order valence-electron chi connectivity index (χ1n) is 6.09. The second kappa shape index (κ2) is 5.96. The zero-order chi connectivity index (χ0) is 12.3. The van der Waals surface area contributed by atoms with Gasteiger partial charge in [0.2, 0.25) is 0 Å². The first-order valence-corrected chi connectivity index (χ1v) is 7.17. The van der Waals surface area contributed by atoms with Crippen LogP contribution in [-0.4, -0.2) is 6.54 Å².